The second kappa shape index (κ2) is 7.04. The van der Waals surface area contributed by atoms with E-state index in [1.807, 2.05) is 18.5 Å². The van der Waals surface area contributed by atoms with Gasteiger partial charge < -0.3 is 5.32 Å². The highest BCUT2D eigenvalue weighted by molar-refractivity contribution is 5.85. The topological polar surface area (TPSA) is 24.9 Å². The van der Waals surface area contributed by atoms with Gasteiger partial charge in [0, 0.05) is 12.4 Å². The fourth-order valence-corrected chi connectivity index (χ4v) is 1.47. The number of halogens is 2. The number of aromatic nitrogens is 1. The number of nitrogens with one attached hydrogen (secondary N) is 1. The van der Waals surface area contributed by atoms with Crippen LogP contribution in [-0.4, -0.2) is 18.1 Å². The summed E-state index contributed by atoms with van der Waals surface area (Å²) in [5.74, 6) is 0.908. The van der Waals surface area contributed by atoms with Gasteiger partial charge in [0.1, 0.15) is 0 Å². The van der Waals surface area contributed by atoms with Gasteiger partial charge in [-0.3, -0.25) is 4.98 Å². The molecule has 0 amide bonds. The van der Waals surface area contributed by atoms with Gasteiger partial charge in [0.25, 0.3) is 0 Å². The molecule has 0 aliphatic carbocycles. The lowest BCUT2D eigenvalue weighted by Gasteiger charge is -2.26. The fraction of sp³-hybridized carbons (Fsp3) is 0.500. The Morgan fingerprint density at radius 1 is 1.36 bits per heavy atom. The van der Waals surface area contributed by atoms with Crippen molar-refractivity contribution in [3.63, 3.8) is 0 Å². The smallest absolute Gasteiger partial charge is 0.0299 e. The average Bonchev–Trinajstić information content (AvgIpc) is 2.04. The molecule has 14 heavy (non-hydrogen) atoms. The summed E-state index contributed by atoms with van der Waals surface area (Å²) < 4.78 is 0. The molecule has 0 atom stereocenters. The number of aryl methyl sites for hydroxylation is 1. The van der Waals surface area contributed by atoms with Gasteiger partial charge in [0.05, 0.1) is 0 Å². The molecule has 0 spiro atoms. The molecule has 0 unspecified atom stereocenters. The molecule has 1 N–H and O–H groups in total. The zero-order chi connectivity index (χ0) is 8.23. The second-order valence-corrected chi connectivity index (χ2v) is 3.42. The molecular weight excluding hydrogens is 219 g/mol. The van der Waals surface area contributed by atoms with Gasteiger partial charge in [-0.15, -0.1) is 24.8 Å². The lowest BCUT2D eigenvalue weighted by molar-refractivity contribution is 0.328. The summed E-state index contributed by atoms with van der Waals surface area (Å²) in [6.07, 6.45) is 6.28. The molecule has 1 saturated heterocycles. The lowest BCUT2D eigenvalue weighted by atomic mass is 9.95. The third-order valence-corrected chi connectivity index (χ3v) is 2.43. The van der Waals surface area contributed by atoms with Crippen LogP contribution in [0.2, 0.25) is 0 Å². The molecule has 2 heterocycles. The predicted octanol–water partition coefficient (Wildman–Crippen LogP) is 2.08. The monoisotopic (exact) mass is 234 g/mol. The quantitative estimate of drug-likeness (QED) is 0.867. The van der Waals surface area contributed by atoms with Gasteiger partial charge in [-0.2, -0.15) is 0 Å². The minimum atomic E-state index is 0. The van der Waals surface area contributed by atoms with Crippen LogP contribution in [-0.2, 0) is 6.42 Å². The first-order valence-corrected chi connectivity index (χ1v) is 4.55. The summed E-state index contributed by atoms with van der Waals surface area (Å²) in [4.78, 5) is 4.09. The van der Waals surface area contributed by atoms with Gasteiger partial charge in [-0.25, -0.2) is 0 Å². The van der Waals surface area contributed by atoms with E-state index in [1.165, 1.54) is 31.5 Å². The summed E-state index contributed by atoms with van der Waals surface area (Å²) in [6, 6.07) is 4.16. The molecular formula is C10H16Cl2N2. The van der Waals surface area contributed by atoms with Crippen molar-refractivity contribution in [3.05, 3.63) is 30.1 Å². The Morgan fingerprint density at radius 3 is 2.64 bits per heavy atom. The van der Waals surface area contributed by atoms with Crippen molar-refractivity contribution in [2.75, 3.05) is 13.1 Å². The minimum Gasteiger partial charge on any atom is -0.316 e. The van der Waals surface area contributed by atoms with Crippen molar-refractivity contribution < 1.29 is 0 Å². The van der Waals surface area contributed by atoms with E-state index in [-0.39, 0.29) is 24.8 Å². The maximum absolute atomic E-state index is 4.09. The van der Waals surface area contributed by atoms with Crippen LogP contribution in [0.5, 0.6) is 0 Å². The largest absolute Gasteiger partial charge is 0.316 e. The molecule has 1 aliphatic rings. The Labute approximate surface area is 97.3 Å². The number of pyridine rings is 1. The van der Waals surface area contributed by atoms with E-state index in [4.69, 9.17) is 0 Å². The minimum absolute atomic E-state index is 0. The summed E-state index contributed by atoms with van der Waals surface area (Å²) in [5, 5.41) is 3.28. The summed E-state index contributed by atoms with van der Waals surface area (Å²) >= 11 is 0. The van der Waals surface area contributed by atoms with Crippen LogP contribution in [0.15, 0.2) is 24.5 Å². The van der Waals surface area contributed by atoms with Crippen LogP contribution in [0.3, 0.4) is 0 Å². The van der Waals surface area contributed by atoms with Gasteiger partial charge >= 0.3 is 0 Å². The Bertz CT molecular complexity index is 237. The van der Waals surface area contributed by atoms with E-state index >= 15 is 0 Å². The van der Waals surface area contributed by atoms with Crippen molar-refractivity contribution >= 4 is 24.8 Å². The summed E-state index contributed by atoms with van der Waals surface area (Å²) in [7, 11) is 0. The van der Waals surface area contributed by atoms with Crippen molar-refractivity contribution in [2.24, 2.45) is 5.92 Å². The highest BCUT2D eigenvalue weighted by atomic mass is 35.5. The van der Waals surface area contributed by atoms with E-state index in [0.29, 0.717) is 0 Å². The molecule has 4 heteroatoms. The first kappa shape index (κ1) is 13.7. The molecule has 0 aromatic carbocycles. The van der Waals surface area contributed by atoms with Crippen LogP contribution in [0.25, 0.3) is 0 Å². The standard InChI is InChI=1S/C10H14N2.2ClH/c1-2-9(6-11-5-1)3-4-10-7-12-8-10;;/h1-2,5-6,10,12H,3-4,7-8H2;2*1H. The molecule has 1 fully saturated rings. The van der Waals surface area contributed by atoms with E-state index < -0.39 is 0 Å². The van der Waals surface area contributed by atoms with Crippen molar-refractivity contribution in [1.82, 2.24) is 10.3 Å². The normalized spacial score (nSPS) is 14.9. The fourth-order valence-electron chi connectivity index (χ4n) is 1.47. The predicted molar refractivity (Wildman–Crippen MR) is 63.4 cm³/mol. The lowest BCUT2D eigenvalue weighted by Crippen LogP contribution is -2.42. The maximum atomic E-state index is 4.09. The highest BCUT2D eigenvalue weighted by Gasteiger charge is 2.15. The molecule has 0 radical (unpaired) electrons. The van der Waals surface area contributed by atoms with Gasteiger partial charge in [0.2, 0.25) is 0 Å². The third-order valence-electron chi connectivity index (χ3n) is 2.43. The Balaban J connectivity index is 0.000000845. The first-order valence-electron chi connectivity index (χ1n) is 4.55. The third kappa shape index (κ3) is 3.82. The molecule has 2 nitrogen and oxygen atoms in total. The van der Waals surface area contributed by atoms with Gasteiger partial charge in [-0.05, 0) is 43.5 Å². The van der Waals surface area contributed by atoms with E-state index in [0.717, 1.165) is 5.92 Å². The molecule has 0 bridgehead atoms. The summed E-state index contributed by atoms with van der Waals surface area (Å²) in [5.41, 5.74) is 1.37. The number of hydrogen-bond acceptors (Lipinski definition) is 2. The molecule has 80 valence electrons. The van der Waals surface area contributed by atoms with Crippen molar-refractivity contribution in [1.29, 1.82) is 0 Å². The Hall–Kier alpha value is -0.310. The van der Waals surface area contributed by atoms with Crippen LogP contribution in [0, 0.1) is 5.92 Å². The van der Waals surface area contributed by atoms with Crippen molar-refractivity contribution in [2.45, 2.75) is 12.8 Å². The second-order valence-electron chi connectivity index (χ2n) is 3.42. The van der Waals surface area contributed by atoms with Gasteiger partial charge in [0.15, 0.2) is 0 Å². The van der Waals surface area contributed by atoms with Crippen LogP contribution in [0.1, 0.15) is 12.0 Å². The van der Waals surface area contributed by atoms with E-state index in [1.54, 1.807) is 0 Å². The van der Waals surface area contributed by atoms with Crippen molar-refractivity contribution in [3.8, 4) is 0 Å². The SMILES string of the molecule is Cl.Cl.c1cncc(CCC2CNC2)c1. The molecule has 1 aromatic rings. The highest BCUT2D eigenvalue weighted by Crippen LogP contribution is 2.12. The first-order chi connectivity index (χ1) is 5.95. The number of hydrogen-bond donors (Lipinski definition) is 1. The molecule has 1 aromatic heterocycles. The zero-order valence-corrected chi connectivity index (χ0v) is 9.61. The van der Waals surface area contributed by atoms with E-state index in [9.17, 15) is 0 Å². The van der Waals surface area contributed by atoms with Gasteiger partial charge in [-0.1, -0.05) is 6.07 Å². The summed E-state index contributed by atoms with van der Waals surface area (Å²) in [6.45, 7) is 2.42. The maximum Gasteiger partial charge on any atom is 0.0299 e. The van der Waals surface area contributed by atoms with Crippen LogP contribution in [0.4, 0.5) is 0 Å². The Kier molecular flexibility index (Phi) is 6.89. The number of nitrogens with zero attached hydrogens (tertiary/aromatic N) is 1. The number of rotatable bonds is 3. The molecule has 0 saturated carbocycles. The Morgan fingerprint density at radius 2 is 2.14 bits per heavy atom. The zero-order valence-electron chi connectivity index (χ0n) is 7.98. The van der Waals surface area contributed by atoms with Crippen LogP contribution < -0.4 is 5.32 Å². The average molecular weight is 235 g/mol. The molecule has 2 rings (SSSR count). The molecule has 1 aliphatic heterocycles. The van der Waals surface area contributed by atoms with Crippen LogP contribution >= 0.6 is 24.8 Å². The van der Waals surface area contributed by atoms with E-state index in [2.05, 4.69) is 16.4 Å².